The quantitative estimate of drug-likeness (QED) is 0.575. The van der Waals surface area contributed by atoms with Crippen molar-refractivity contribution in [2.24, 2.45) is 0 Å². The van der Waals surface area contributed by atoms with Gasteiger partial charge in [0.15, 0.2) is 0 Å². The maximum Gasteiger partial charge on any atom is 0.250 e. The monoisotopic (exact) mass is 181 g/mol. The van der Waals surface area contributed by atoms with Gasteiger partial charge in [0.1, 0.15) is 0 Å². The molecule has 0 saturated heterocycles. The van der Waals surface area contributed by atoms with Crippen LogP contribution in [0.15, 0.2) is 0 Å². The standard InChI is InChI=1S/C8H17F2NO/c1-2-5-12-6-3-4-11-7-8(9)10/h8,11H,2-7H2,1H3. The van der Waals surface area contributed by atoms with E-state index in [9.17, 15) is 8.78 Å². The topological polar surface area (TPSA) is 21.3 Å². The van der Waals surface area contributed by atoms with Gasteiger partial charge in [0.05, 0.1) is 6.54 Å². The molecule has 0 bridgehead atoms. The highest BCUT2D eigenvalue weighted by Gasteiger charge is 1.99. The van der Waals surface area contributed by atoms with Crippen molar-refractivity contribution in [2.45, 2.75) is 26.2 Å². The molecule has 2 nitrogen and oxygen atoms in total. The average molecular weight is 181 g/mol. The number of ether oxygens (including phenoxy) is 1. The van der Waals surface area contributed by atoms with Crippen LogP contribution in [-0.4, -0.2) is 32.7 Å². The van der Waals surface area contributed by atoms with Gasteiger partial charge < -0.3 is 10.1 Å². The van der Waals surface area contributed by atoms with Crippen molar-refractivity contribution in [3.05, 3.63) is 0 Å². The lowest BCUT2D eigenvalue weighted by Crippen LogP contribution is -2.23. The Balaban J connectivity index is 2.82. The van der Waals surface area contributed by atoms with Gasteiger partial charge in [-0.15, -0.1) is 0 Å². The molecule has 0 aliphatic carbocycles. The summed E-state index contributed by atoms with van der Waals surface area (Å²) in [7, 11) is 0. The van der Waals surface area contributed by atoms with Crippen LogP contribution >= 0.6 is 0 Å². The zero-order valence-corrected chi connectivity index (χ0v) is 7.48. The second kappa shape index (κ2) is 8.87. The predicted molar refractivity (Wildman–Crippen MR) is 44.6 cm³/mol. The second-order valence-electron chi connectivity index (χ2n) is 2.56. The fourth-order valence-electron chi connectivity index (χ4n) is 0.757. The lowest BCUT2D eigenvalue weighted by molar-refractivity contribution is 0.125. The van der Waals surface area contributed by atoms with E-state index >= 15 is 0 Å². The summed E-state index contributed by atoms with van der Waals surface area (Å²) < 4.78 is 28.3. The molecule has 12 heavy (non-hydrogen) atoms. The van der Waals surface area contributed by atoms with Gasteiger partial charge in [0.25, 0.3) is 6.43 Å². The van der Waals surface area contributed by atoms with E-state index in [4.69, 9.17) is 4.74 Å². The SMILES string of the molecule is CCCOCCCNCC(F)F. The summed E-state index contributed by atoms with van der Waals surface area (Å²) in [5.74, 6) is 0. The molecule has 0 aromatic heterocycles. The number of halogens is 2. The highest BCUT2D eigenvalue weighted by Crippen LogP contribution is 1.88. The summed E-state index contributed by atoms with van der Waals surface area (Å²) in [6, 6.07) is 0. The van der Waals surface area contributed by atoms with Crippen LogP contribution in [0, 0.1) is 0 Å². The Morgan fingerprint density at radius 1 is 1.33 bits per heavy atom. The largest absolute Gasteiger partial charge is 0.381 e. The molecule has 0 aromatic rings. The third-order valence-corrected chi connectivity index (χ3v) is 1.29. The number of hydrogen-bond donors (Lipinski definition) is 1. The molecule has 0 rings (SSSR count). The summed E-state index contributed by atoms with van der Waals surface area (Å²) in [6.07, 6.45) is -0.446. The number of rotatable bonds is 8. The molecule has 0 aromatic carbocycles. The minimum atomic E-state index is -2.25. The molecule has 0 heterocycles. The number of nitrogens with one attached hydrogen (secondary N) is 1. The van der Waals surface area contributed by atoms with Crippen molar-refractivity contribution in [1.29, 1.82) is 0 Å². The van der Waals surface area contributed by atoms with E-state index in [0.29, 0.717) is 13.2 Å². The Kier molecular flexibility index (Phi) is 8.71. The van der Waals surface area contributed by atoms with Crippen LogP contribution in [0.4, 0.5) is 8.78 Å². The van der Waals surface area contributed by atoms with Crippen LogP contribution in [0.25, 0.3) is 0 Å². The van der Waals surface area contributed by atoms with Crippen LogP contribution < -0.4 is 5.32 Å². The first kappa shape index (κ1) is 11.8. The molecule has 4 heteroatoms. The van der Waals surface area contributed by atoms with Gasteiger partial charge in [-0.1, -0.05) is 6.92 Å². The molecule has 0 aliphatic heterocycles. The van der Waals surface area contributed by atoms with Gasteiger partial charge in [0, 0.05) is 13.2 Å². The maximum absolute atomic E-state index is 11.6. The molecule has 0 saturated carbocycles. The molecule has 0 atom stereocenters. The third-order valence-electron chi connectivity index (χ3n) is 1.29. The van der Waals surface area contributed by atoms with Crippen LogP contribution in [0.3, 0.4) is 0 Å². The Labute approximate surface area is 72.3 Å². The number of hydrogen-bond acceptors (Lipinski definition) is 2. The van der Waals surface area contributed by atoms with Gasteiger partial charge in [0.2, 0.25) is 0 Å². The van der Waals surface area contributed by atoms with Gasteiger partial charge in [-0.3, -0.25) is 0 Å². The van der Waals surface area contributed by atoms with Crippen LogP contribution in [0.1, 0.15) is 19.8 Å². The Hall–Kier alpha value is -0.220. The van der Waals surface area contributed by atoms with Crippen molar-refractivity contribution in [3.8, 4) is 0 Å². The second-order valence-corrected chi connectivity index (χ2v) is 2.56. The average Bonchev–Trinajstić information content (AvgIpc) is 2.02. The molecule has 0 aliphatic rings. The maximum atomic E-state index is 11.6. The van der Waals surface area contributed by atoms with Crippen molar-refractivity contribution in [3.63, 3.8) is 0 Å². The summed E-state index contributed by atoms with van der Waals surface area (Å²) >= 11 is 0. The molecular weight excluding hydrogens is 164 g/mol. The zero-order chi connectivity index (χ0) is 9.23. The van der Waals surface area contributed by atoms with Crippen molar-refractivity contribution >= 4 is 0 Å². The third kappa shape index (κ3) is 9.78. The molecular formula is C8H17F2NO. The molecule has 0 amide bonds. The lowest BCUT2D eigenvalue weighted by Gasteiger charge is -2.04. The predicted octanol–water partition coefficient (Wildman–Crippen LogP) is 1.66. The Bertz CT molecular complexity index is 91.1. The van der Waals surface area contributed by atoms with E-state index in [1.165, 1.54) is 0 Å². The summed E-state index contributed by atoms with van der Waals surface area (Å²) in [4.78, 5) is 0. The smallest absolute Gasteiger partial charge is 0.250 e. The van der Waals surface area contributed by atoms with Crippen molar-refractivity contribution < 1.29 is 13.5 Å². The number of alkyl halides is 2. The van der Waals surface area contributed by atoms with E-state index in [2.05, 4.69) is 5.32 Å². The van der Waals surface area contributed by atoms with Gasteiger partial charge in [-0.25, -0.2) is 8.78 Å². The first-order chi connectivity index (χ1) is 5.77. The van der Waals surface area contributed by atoms with Gasteiger partial charge in [-0.2, -0.15) is 0 Å². The fourth-order valence-corrected chi connectivity index (χ4v) is 0.757. The van der Waals surface area contributed by atoms with Crippen LogP contribution in [0.5, 0.6) is 0 Å². The fraction of sp³-hybridized carbons (Fsp3) is 1.00. The minimum absolute atomic E-state index is 0.215. The van der Waals surface area contributed by atoms with Crippen LogP contribution in [0.2, 0.25) is 0 Å². The van der Waals surface area contributed by atoms with Crippen LogP contribution in [-0.2, 0) is 4.74 Å². The highest BCUT2D eigenvalue weighted by molar-refractivity contribution is 4.48. The summed E-state index contributed by atoms with van der Waals surface area (Å²) in [5, 5.41) is 2.63. The highest BCUT2D eigenvalue weighted by atomic mass is 19.3. The van der Waals surface area contributed by atoms with Crippen molar-refractivity contribution in [2.75, 3.05) is 26.3 Å². The van der Waals surface area contributed by atoms with Gasteiger partial charge >= 0.3 is 0 Å². The molecule has 74 valence electrons. The van der Waals surface area contributed by atoms with Crippen molar-refractivity contribution in [1.82, 2.24) is 5.32 Å². The molecule has 0 radical (unpaired) electrons. The molecule has 1 N–H and O–H groups in total. The minimum Gasteiger partial charge on any atom is -0.381 e. The first-order valence-corrected chi connectivity index (χ1v) is 4.34. The molecule has 0 fully saturated rings. The van der Waals surface area contributed by atoms with E-state index < -0.39 is 6.43 Å². The lowest BCUT2D eigenvalue weighted by atomic mass is 10.4. The summed E-state index contributed by atoms with van der Waals surface area (Å²) in [6.45, 7) is 3.84. The normalized spacial score (nSPS) is 11.0. The van der Waals surface area contributed by atoms with Gasteiger partial charge in [-0.05, 0) is 19.4 Å². The van der Waals surface area contributed by atoms with E-state index in [0.717, 1.165) is 19.4 Å². The first-order valence-electron chi connectivity index (χ1n) is 4.34. The molecule has 0 unspecified atom stereocenters. The molecule has 0 spiro atoms. The van der Waals surface area contributed by atoms with E-state index in [1.807, 2.05) is 6.92 Å². The van der Waals surface area contributed by atoms with E-state index in [1.54, 1.807) is 0 Å². The zero-order valence-electron chi connectivity index (χ0n) is 7.48. The Morgan fingerprint density at radius 3 is 2.67 bits per heavy atom. The summed E-state index contributed by atoms with van der Waals surface area (Å²) in [5.41, 5.74) is 0. The Morgan fingerprint density at radius 2 is 2.08 bits per heavy atom. The van der Waals surface area contributed by atoms with E-state index in [-0.39, 0.29) is 6.54 Å².